The molecule has 0 radical (unpaired) electrons. The van der Waals surface area contributed by atoms with Crippen molar-refractivity contribution in [1.29, 1.82) is 0 Å². The van der Waals surface area contributed by atoms with Gasteiger partial charge in [0.25, 0.3) is 0 Å². The van der Waals surface area contributed by atoms with Crippen molar-refractivity contribution < 1.29 is 4.79 Å². The Morgan fingerprint density at radius 3 is 3.00 bits per heavy atom. The second-order valence-corrected chi connectivity index (χ2v) is 6.03. The van der Waals surface area contributed by atoms with Crippen LogP contribution in [-0.2, 0) is 11.3 Å². The number of aromatic nitrogens is 3. The summed E-state index contributed by atoms with van der Waals surface area (Å²) in [6, 6.07) is 7.95. The van der Waals surface area contributed by atoms with Crippen LogP contribution in [0.15, 0.2) is 43.2 Å². The summed E-state index contributed by atoms with van der Waals surface area (Å²) < 4.78 is 2.12. The van der Waals surface area contributed by atoms with Crippen molar-refractivity contribution in [3.8, 4) is 0 Å². The van der Waals surface area contributed by atoms with Crippen LogP contribution in [0.1, 0.15) is 25.7 Å². The molecule has 3 N–H and O–H groups in total. The number of allylic oxidation sites excluding steroid dienone is 1. The van der Waals surface area contributed by atoms with Gasteiger partial charge in [0.15, 0.2) is 5.82 Å². The highest BCUT2D eigenvalue weighted by Crippen LogP contribution is 2.27. The summed E-state index contributed by atoms with van der Waals surface area (Å²) in [5, 5.41) is 3.99. The van der Waals surface area contributed by atoms with Gasteiger partial charge in [-0.25, -0.2) is 9.97 Å². The molecule has 6 nitrogen and oxygen atoms in total. The first-order valence-electron chi connectivity index (χ1n) is 8.57. The number of aryl methyl sites for hydroxylation is 1. The molecule has 1 amide bonds. The molecule has 0 aliphatic heterocycles. The van der Waals surface area contributed by atoms with Gasteiger partial charge in [-0.3, -0.25) is 4.79 Å². The molecule has 0 saturated heterocycles. The van der Waals surface area contributed by atoms with E-state index in [4.69, 9.17) is 5.73 Å². The molecule has 130 valence electrons. The van der Waals surface area contributed by atoms with Crippen LogP contribution >= 0.6 is 0 Å². The van der Waals surface area contributed by atoms with Crippen molar-refractivity contribution in [3.63, 3.8) is 0 Å². The van der Waals surface area contributed by atoms with Crippen molar-refractivity contribution in [2.75, 3.05) is 12.3 Å². The maximum atomic E-state index is 11.6. The van der Waals surface area contributed by atoms with Crippen LogP contribution < -0.4 is 11.1 Å². The second kappa shape index (κ2) is 7.79. The van der Waals surface area contributed by atoms with Gasteiger partial charge < -0.3 is 15.6 Å². The number of fused-ring (bicyclic) bond motifs is 3. The minimum atomic E-state index is 0.0813. The molecule has 25 heavy (non-hydrogen) atoms. The van der Waals surface area contributed by atoms with Crippen molar-refractivity contribution in [2.45, 2.75) is 32.2 Å². The zero-order valence-electron chi connectivity index (χ0n) is 14.2. The summed E-state index contributed by atoms with van der Waals surface area (Å²) in [4.78, 5) is 20.4. The number of nitrogens with two attached hydrogens (primary N) is 1. The highest BCUT2D eigenvalue weighted by Gasteiger charge is 2.11. The summed E-state index contributed by atoms with van der Waals surface area (Å²) in [6.07, 6.45) is 6.66. The van der Waals surface area contributed by atoms with E-state index in [2.05, 4.69) is 26.4 Å². The number of nitrogens with zero attached hydrogens (tertiary/aromatic N) is 3. The van der Waals surface area contributed by atoms with Gasteiger partial charge in [-0.1, -0.05) is 24.3 Å². The third kappa shape index (κ3) is 3.79. The molecule has 3 aromatic rings. The topological polar surface area (TPSA) is 85.8 Å². The van der Waals surface area contributed by atoms with E-state index in [1.165, 1.54) is 0 Å². The van der Waals surface area contributed by atoms with Crippen molar-refractivity contribution >= 4 is 33.7 Å². The van der Waals surface area contributed by atoms with Gasteiger partial charge in [-0.15, -0.1) is 6.58 Å². The Balaban J connectivity index is 1.65. The summed E-state index contributed by atoms with van der Waals surface area (Å²) in [5.74, 6) is 0.541. The molecule has 6 heteroatoms. The molecule has 1 aromatic carbocycles. The third-order valence-electron chi connectivity index (χ3n) is 4.20. The molecule has 0 saturated carbocycles. The average molecular weight is 337 g/mol. The van der Waals surface area contributed by atoms with Gasteiger partial charge in [-0.2, -0.15) is 0 Å². The number of carbonyl (C=O) groups is 1. The standard InChI is InChI=1S/C19H23N5O/c1-2-3-10-16(25)21-11-6-7-12-24-13-22-17-18(24)14-8-4-5-9-15(14)23-19(17)20/h2,4-5,8-9,13H,1,3,6-7,10-12H2,(H2,20,23)(H,21,25). The summed E-state index contributed by atoms with van der Waals surface area (Å²) >= 11 is 0. The molecule has 0 aliphatic carbocycles. The molecule has 0 unspecified atom stereocenters. The monoisotopic (exact) mass is 337 g/mol. The van der Waals surface area contributed by atoms with Crippen LogP contribution in [0.2, 0.25) is 0 Å². The fourth-order valence-corrected chi connectivity index (χ4v) is 2.93. The minimum absolute atomic E-state index is 0.0813. The Morgan fingerprint density at radius 1 is 1.32 bits per heavy atom. The normalized spacial score (nSPS) is 11.0. The third-order valence-corrected chi connectivity index (χ3v) is 4.20. The van der Waals surface area contributed by atoms with E-state index in [0.717, 1.165) is 47.7 Å². The first-order chi connectivity index (χ1) is 12.2. The number of benzene rings is 1. The van der Waals surface area contributed by atoms with E-state index in [1.54, 1.807) is 6.08 Å². The Hall–Kier alpha value is -2.89. The van der Waals surface area contributed by atoms with Crippen molar-refractivity contribution in [1.82, 2.24) is 19.9 Å². The van der Waals surface area contributed by atoms with Crippen LogP contribution in [0.5, 0.6) is 0 Å². The van der Waals surface area contributed by atoms with Crippen LogP contribution in [0.4, 0.5) is 5.82 Å². The fraction of sp³-hybridized carbons (Fsp3) is 0.316. The first-order valence-corrected chi connectivity index (χ1v) is 8.57. The lowest BCUT2D eigenvalue weighted by molar-refractivity contribution is -0.121. The number of nitrogens with one attached hydrogen (secondary N) is 1. The number of hydrogen-bond acceptors (Lipinski definition) is 4. The fourth-order valence-electron chi connectivity index (χ4n) is 2.93. The number of carbonyl (C=O) groups excluding carboxylic acids is 1. The second-order valence-electron chi connectivity index (χ2n) is 6.03. The maximum Gasteiger partial charge on any atom is 0.220 e. The molecule has 0 spiro atoms. The number of imidazole rings is 1. The van der Waals surface area contributed by atoms with Crippen LogP contribution in [0.3, 0.4) is 0 Å². The van der Waals surface area contributed by atoms with Crippen molar-refractivity contribution in [3.05, 3.63) is 43.2 Å². The van der Waals surface area contributed by atoms with Gasteiger partial charge in [0.2, 0.25) is 5.91 Å². The number of pyridine rings is 1. The van der Waals surface area contributed by atoms with Crippen LogP contribution in [0, 0.1) is 0 Å². The number of amides is 1. The number of rotatable bonds is 8. The largest absolute Gasteiger partial charge is 0.382 e. The smallest absolute Gasteiger partial charge is 0.220 e. The Bertz CT molecular complexity index is 899. The van der Waals surface area contributed by atoms with Gasteiger partial charge in [0.1, 0.15) is 5.52 Å². The minimum Gasteiger partial charge on any atom is -0.382 e. The van der Waals surface area contributed by atoms with Crippen LogP contribution in [-0.4, -0.2) is 27.0 Å². The van der Waals surface area contributed by atoms with Gasteiger partial charge in [-0.05, 0) is 25.3 Å². The van der Waals surface area contributed by atoms with Gasteiger partial charge in [0, 0.05) is 24.9 Å². The lowest BCUT2D eigenvalue weighted by Gasteiger charge is -2.08. The van der Waals surface area contributed by atoms with E-state index in [9.17, 15) is 4.79 Å². The number of nitrogen functional groups attached to an aromatic ring is 1. The Kier molecular flexibility index (Phi) is 5.28. The van der Waals surface area contributed by atoms with E-state index < -0.39 is 0 Å². The lowest BCUT2D eigenvalue weighted by Crippen LogP contribution is -2.24. The average Bonchev–Trinajstić information content (AvgIpc) is 3.05. The summed E-state index contributed by atoms with van der Waals surface area (Å²) in [6.45, 7) is 5.13. The number of anilines is 1. The molecule has 0 fully saturated rings. The molecule has 2 heterocycles. The van der Waals surface area contributed by atoms with E-state index in [0.29, 0.717) is 18.8 Å². The zero-order valence-corrected chi connectivity index (χ0v) is 14.2. The highest BCUT2D eigenvalue weighted by atomic mass is 16.1. The van der Waals surface area contributed by atoms with Crippen molar-refractivity contribution in [2.24, 2.45) is 0 Å². The van der Waals surface area contributed by atoms with E-state index in [-0.39, 0.29) is 5.91 Å². The van der Waals surface area contributed by atoms with Crippen LogP contribution in [0.25, 0.3) is 21.9 Å². The van der Waals surface area contributed by atoms with E-state index in [1.807, 2.05) is 30.6 Å². The predicted octanol–water partition coefficient (Wildman–Crippen LogP) is 3.03. The SMILES string of the molecule is C=CCCC(=O)NCCCCn1cnc2c(N)nc3ccccc3c21. The molecule has 0 bridgehead atoms. The van der Waals surface area contributed by atoms with E-state index >= 15 is 0 Å². The molecule has 0 atom stereocenters. The zero-order chi connectivity index (χ0) is 17.6. The van der Waals surface area contributed by atoms with Gasteiger partial charge in [0.05, 0.1) is 17.4 Å². The summed E-state index contributed by atoms with van der Waals surface area (Å²) in [5.41, 5.74) is 8.69. The number of para-hydroxylation sites is 1. The maximum absolute atomic E-state index is 11.6. The Morgan fingerprint density at radius 2 is 2.16 bits per heavy atom. The molecular weight excluding hydrogens is 314 g/mol. The molecular formula is C19H23N5O. The lowest BCUT2D eigenvalue weighted by atomic mass is 10.2. The summed E-state index contributed by atoms with van der Waals surface area (Å²) in [7, 11) is 0. The quantitative estimate of drug-likeness (QED) is 0.489. The molecule has 2 aromatic heterocycles. The highest BCUT2D eigenvalue weighted by molar-refractivity contribution is 6.06. The Labute approximate surface area is 146 Å². The molecule has 0 aliphatic rings. The number of hydrogen-bond donors (Lipinski definition) is 2. The van der Waals surface area contributed by atoms with Gasteiger partial charge >= 0.3 is 0 Å². The first kappa shape index (κ1) is 17.0. The molecule has 3 rings (SSSR count). The predicted molar refractivity (Wildman–Crippen MR) is 101 cm³/mol. The number of unbranched alkanes of at least 4 members (excludes halogenated alkanes) is 1.